The molecular weight excluding hydrogens is 274 g/mol. The van der Waals surface area contributed by atoms with Gasteiger partial charge in [0.1, 0.15) is 18.1 Å². The largest absolute Gasteiger partial charge is 0.495 e. The molecule has 4 nitrogen and oxygen atoms in total. The lowest BCUT2D eigenvalue weighted by Crippen LogP contribution is -2.09. The fourth-order valence-electron chi connectivity index (χ4n) is 1.73. The third kappa shape index (κ3) is 3.74. The molecule has 0 radical (unpaired) electrons. The van der Waals surface area contributed by atoms with Gasteiger partial charge in [-0.15, -0.1) is 0 Å². The van der Waals surface area contributed by atoms with Crippen LogP contribution in [0.25, 0.3) is 0 Å². The van der Waals surface area contributed by atoms with Crippen LogP contribution in [-0.2, 0) is 10.8 Å². The molecule has 0 aliphatic rings. The van der Waals surface area contributed by atoms with E-state index in [-0.39, 0.29) is 0 Å². The highest BCUT2D eigenvalue weighted by Crippen LogP contribution is 2.24. The summed E-state index contributed by atoms with van der Waals surface area (Å²) in [6.07, 6.45) is 0. The molecule has 0 aromatic heterocycles. The number of anilines is 1. The SMILES string of the molecule is COc1cc(N)ccc1S(=O)CCOc1ccccc1. The van der Waals surface area contributed by atoms with Crippen LogP contribution in [0.15, 0.2) is 53.4 Å². The molecular formula is C15H17NO3S. The predicted molar refractivity (Wildman–Crippen MR) is 80.6 cm³/mol. The van der Waals surface area contributed by atoms with E-state index in [4.69, 9.17) is 15.2 Å². The van der Waals surface area contributed by atoms with Crippen molar-refractivity contribution < 1.29 is 13.7 Å². The van der Waals surface area contributed by atoms with Crippen molar-refractivity contribution in [1.82, 2.24) is 0 Å². The van der Waals surface area contributed by atoms with Gasteiger partial charge in [0.25, 0.3) is 0 Å². The van der Waals surface area contributed by atoms with E-state index >= 15 is 0 Å². The minimum absolute atomic E-state index is 0.379. The Morgan fingerprint density at radius 2 is 1.90 bits per heavy atom. The molecule has 0 aliphatic heterocycles. The molecule has 0 bridgehead atoms. The third-order valence-electron chi connectivity index (χ3n) is 2.71. The molecule has 106 valence electrons. The standard InChI is InChI=1S/C15H17NO3S/c1-18-14-11-12(16)7-8-15(14)20(17)10-9-19-13-5-3-2-4-6-13/h2-8,11H,9-10,16H2,1H3. The number of methoxy groups -OCH3 is 1. The molecule has 2 rings (SSSR count). The second-order valence-corrected chi connectivity index (χ2v) is 5.66. The van der Waals surface area contributed by atoms with Crippen LogP contribution in [0.3, 0.4) is 0 Å². The molecule has 1 atom stereocenters. The maximum absolute atomic E-state index is 12.2. The summed E-state index contributed by atoms with van der Waals surface area (Å²) in [4.78, 5) is 0.637. The van der Waals surface area contributed by atoms with Crippen LogP contribution in [0, 0.1) is 0 Å². The van der Waals surface area contributed by atoms with E-state index in [1.54, 1.807) is 18.2 Å². The third-order valence-corrected chi connectivity index (χ3v) is 4.08. The van der Waals surface area contributed by atoms with Gasteiger partial charge in [0.15, 0.2) is 0 Å². The number of benzene rings is 2. The summed E-state index contributed by atoms with van der Waals surface area (Å²) < 4.78 is 23.0. The molecule has 1 unspecified atom stereocenters. The average molecular weight is 291 g/mol. The van der Waals surface area contributed by atoms with E-state index in [2.05, 4.69) is 0 Å². The molecule has 5 heteroatoms. The lowest BCUT2D eigenvalue weighted by Gasteiger charge is -2.10. The van der Waals surface area contributed by atoms with Crippen molar-refractivity contribution in [1.29, 1.82) is 0 Å². The van der Waals surface area contributed by atoms with Gasteiger partial charge in [-0.3, -0.25) is 4.21 Å². The molecule has 0 saturated carbocycles. The Bertz CT molecular complexity index is 587. The zero-order chi connectivity index (χ0) is 14.4. The van der Waals surface area contributed by atoms with Gasteiger partial charge < -0.3 is 15.2 Å². The summed E-state index contributed by atoms with van der Waals surface area (Å²) in [5, 5.41) is 0. The van der Waals surface area contributed by atoms with Gasteiger partial charge in [0.2, 0.25) is 0 Å². The number of para-hydroxylation sites is 1. The highest BCUT2D eigenvalue weighted by atomic mass is 32.2. The highest BCUT2D eigenvalue weighted by molar-refractivity contribution is 7.85. The molecule has 0 amide bonds. The van der Waals surface area contributed by atoms with E-state index in [9.17, 15) is 4.21 Å². The minimum Gasteiger partial charge on any atom is -0.495 e. The van der Waals surface area contributed by atoms with E-state index in [1.165, 1.54) is 7.11 Å². The van der Waals surface area contributed by atoms with E-state index < -0.39 is 10.8 Å². The van der Waals surface area contributed by atoms with Crippen LogP contribution in [-0.4, -0.2) is 23.7 Å². The fraction of sp³-hybridized carbons (Fsp3) is 0.200. The molecule has 0 saturated heterocycles. The van der Waals surface area contributed by atoms with Gasteiger partial charge >= 0.3 is 0 Å². The number of ether oxygens (including phenoxy) is 2. The van der Waals surface area contributed by atoms with Gasteiger partial charge in [-0.2, -0.15) is 0 Å². The lowest BCUT2D eigenvalue weighted by molar-refractivity contribution is 0.342. The van der Waals surface area contributed by atoms with Crippen molar-refractivity contribution >= 4 is 16.5 Å². The number of hydrogen-bond donors (Lipinski definition) is 1. The number of rotatable bonds is 6. The molecule has 20 heavy (non-hydrogen) atoms. The van der Waals surface area contributed by atoms with Crippen LogP contribution in [0.4, 0.5) is 5.69 Å². The van der Waals surface area contributed by atoms with Gasteiger partial charge in [0, 0.05) is 11.8 Å². The van der Waals surface area contributed by atoms with Crippen molar-refractivity contribution in [2.45, 2.75) is 4.90 Å². The van der Waals surface area contributed by atoms with E-state index in [0.29, 0.717) is 28.7 Å². The Morgan fingerprint density at radius 1 is 1.15 bits per heavy atom. The summed E-state index contributed by atoms with van der Waals surface area (Å²) in [5.74, 6) is 1.71. The summed E-state index contributed by atoms with van der Waals surface area (Å²) in [7, 11) is 0.355. The van der Waals surface area contributed by atoms with E-state index in [0.717, 1.165) is 5.75 Å². The maximum Gasteiger partial charge on any atom is 0.137 e. The van der Waals surface area contributed by atoms with Gasteiger partial charge in [-0.25, -0.2) is 0 Å². The first-order valence-electron chi connectivity index (χ1n) is 6.20. The predicted octanol–water partition coefficient (Wildman–Crippen LogP) is 2.46. The second-order valence-electron chi connectivity index (χ2n) is 4.12. The molecule has 0 heterocycles. The van der Waals surface area contributed by atoms with Crippen molar-refractivity contribution in [3.05, 3.63) is 48.5 Å². The first-order chi connectivity index (χ1) is 9.70. The van der Waals surface area contributed by atoms with Crippen LogP contribution in [0.2, 0.25) is 0 Å². The Labute approximate surface area is 121 Å². The second kappa shape index (κ2) is 6.96. The Hall–Kier alpha value is -2.01. The number of hydrogen-bond acceptors (Lipinski definition) is 4. The number of nitrogen functional groups attached to an aromatic ring is 1. The van der Waals surface area contributed by atoms with Crippen molar-refractivity contribution in [3.8, 4) is 11.5 Å². The molecule has 0 aliphatic carbocycles. The average Bonchev–Trinajstić information content (AvgIpc) is 2.48. The van der Waals surface area contributed by atoms with Crippen molar-refractivity contribution in [2.24, 2.45) is 0 Å². The van der Waals surface area contributed by atoms with Crippen molar-refractivity contribution in [2.75, 3.05) is 25.2 Å². The summed E-state index contributed by atoms with van der Waals surface area (Å²) >= 11 is 0. The lowest BCUT2D eigenvalue weighted by atomic mass is 10.3. The molecule has 0 fully saturated rings. The van der Waals surface area contributed by atoms with E-state index in [1.807, 2.05) is 30.3 Å². The summed E-state index contributed by atoms with van der Waals surface area (Å²) in [5.41, 5.74) is 6.26. The fourth-order valence-corrected chi connectivity index (χ4v) is 2.78. The smallest absolute Gasteiger partial charge is 0.137 e. The van der Waals surface area contributed by atoms with Gasteiger partial charge in [0.05, 0.1) is 28.6 Å². The first kappa shape index (κ1) is 14.4. The van der Waals surface area contributed by atoms with Crippen LogP contribution >= 0.6 is 0 Å². The maximum atomic E-state index is 12.2. The monoisotopic (exact) mass is 291 g/mol. The van der Waals surface area contributed by atoms with Gasteiger partial charge in [-0.1, -0.05) is 18.2 Å². The minimum atomic E-state index is -1.18. The highest BCUT2D eigenvalue weighted by Gasteiger charge is 2.11. The zero-order valence-corrected chi connectivity index (χ0v) is 12.1. The first-order valence-corrected chi connectivity index (χ1v) is 7.52. The summed E-state index contributed by atoms with van der Waals surface area (Å²) in [6, 6.07) is 14.6. The Kier molecular flexibility index (Phi) is 5.01. The zero-order valence-electron chi connectivity index (χ0n) is 11.2. The molecule has 2 N–H and O–H groups in total. The summed E-state index contributed by atoms with van der Waals surface area (Å²) in [6.45, 7) is 0.379. The van der Waals surface area contributed by atoms with Crippen LogP contribution < -0.4 is 15.2 Å². The topological polar surface area (TPSA) is 61.5 Å². The quantitative estimate of drug-likeness (QED) is 0.831. The molecule has 2 aromatic rings. The molecule has 0 spiro atoms. The Balaban J connectivity index is 1.95. The normalized spacial score (nSPS) is 11.8. The number of nitrogens with two attached hydrogens (primary N) is 1. The Morgan fingerprint density at radius 3 is 2.60 bits per heavy atom. The van der Waals surface area contributed by atoms with Gasteiger partial charge in [-0.05, 0) is 24.3 Å². The van der Waals surface area contributed by atoms with Crippen LogP contribution in [0.5, 0.6) is 11.5 Å². The van der Waals surface area contributed by atoms with Crippen molar-refractivity contribution in [3.63, 3.8) is 0 Å². The molecule has 2 aromatic carbocycles. The van der Waals surface area contributed by atoms with Crippen LogP contribution in [0.1, 0.15) is 0 Å².